The van der Waals surface area contributed by atoms with Crippen molar-refractivity contribution in [2.45, 2.75) is 6.61 Å². The second kappa shape index (κ2) is 8.28. The van der Waals surface area contributed by atoms with E-state index in [1.807, 2.05) is 12.1 Å². The maximum atomic E-state index is 10.9. The van der Waals surface area contributed by atoms with E-state index in [1.54, 1.807) is 37.6 Å². The van der Waals surface area contributed by atoms with Gasteiger partial charge in [0.2, 0.25) is 4.77 Å². The number of carbonyl (C=O) groups is 1. The Morgan fingerprint density at radius 1 is 1.30 bits per heavy atom. The van der Waals surface area contributed by atoms with Crippen molar-refractivity contribution in [2.24, 2.45) is 5.10 Å². The number of H-pyrrole nitrogens is 1. The molecule has 2 aromatic carbocycles. The molecule has 0 aliphatic carbocycles. The highest BCUT2D eigenvalue weighted by atomic mass is 32.1. The van der Waals surface area contributed by atoms with Crippen molar-refractivity contribution >= 4 is 24.4 Å². The van der Waals surface area contributed by atoms with E-state index in [-0.39, 0.29) is 12.2 Å². The molecule has 1 aromatic heterocycles. The molecule has 2 N–H and O–H groups in total. The molecular weight excluding hydrogens is 368 g/mol. The SMILES string of the molecule is COc1cccc(OCc2n[nH]c(=S)n2/N=C\c2ccc(C(=O)O)cc2)c1. The van der Waals surface area contributed by atoms with Crippen LogP contribution in [0.3, 0.4) is 0 Å². The average Bonchev–Trinajstić information content (AvgIpc) is 3.04. The first-order chi connectivity index (χ1) is 13.1. The summed E-state index contributed by atoms with van der Waals surface area (Å²) in [7, 11) is 1.59. The first kappa shape index (κ1) is 18.3. The topological polar surface area (TPSA) is 102 Å². The first-order valence-electron chi connectivity index (χ1n) is 7.87. The van der Waals surface area contributed by atoms with Crippen LogP contribution in [0.5, 0.6) is 11.5 Å². The van der Waals surface area contributed by atoms with Crippen LogP contribution in [0.1, 0.15) is 21.7 Å². The summed E-state index contributed by atoms with van der Waals surface area (Å²) in [4.78, 5) is 10.9. The van der Waals surface area contributed by atoms with Gasteiger partial charge in [-0.05, 0) is 42.0 Å². The Morgan fingerprint density at radius 2 is 2.04 bits per heavy atom. The monoisotopic (exact) mass is 384 g/mol. The molecule has 1 heterocycles. The Hall–Kier alpha value is -3.46. The third kappa shape index (κ3) is 4.59. The zero-order chi connectivity index (χ0) is 19.2. The molecule has 0 bridgehead atoms. The summed E-state index contributed by atoms with van der Waals surface area (Å²) in [5.41, 5.74) is 0.933. The van der Waals surface area contributed by atoms with Gasteiger partial charge >= 0.3 is 5.97 Å². The second-order valence-electron chi connectivity index (χ2n) is 5.40. The van der Waals surface area contributed by atoms with Crippen LogP contribution in [0.4, 0.5) is 0 Å². The average molecular weight is 384 g/mol. The van der Waals surface area contributed by atoms with Crippen LogP contribution < -0.4 is 9.47 Å². The van der Waals surface area contributed by atoms with Crippen molar-refractivity contribution < 1.29 is 19.4 Å². The van der Waals surface area contributed by atoms with E-state index in [2.05, 4.69) is 15.3 Å². The fourth-order valence-corrected chi connectivity index (χ4v) is 2.41. The van der Waals surface area contributed by atoms with Gasteiger partial charge in [0.05, 0.1) is 18.9 Å². The lowest BCUT2D eigenvalue weighted by Crippen LogP contribution is -2.04. The van der Waals surface area contributed by atoms with E-state index in [1.165, 1.54) is 16.8 Å². The van der Waals surface area contributed by atoms with Crippen molar-refractivity contribution in [3.05, 3.63) is 70.3 Å². The number of hydrogen-bond acceptors (Lipinski definition) is 6. The largest absolute Gasteiger partial charge is 0.497 e. The molecule has 0 spiro atoms. The highest BCUT2D eigenvalue weighted by molar-refractivity contribution is 7.71. The molecule has 3 aromatic rings. The van der Waals surface area contributed by atoms with Crippen LogP contribution in [0, 0.1) is 4.77 Å². The van der Waals surface area contributed by atoms with Gasteiger partial charge in [0.25, 0.3) is 0 Å². The number of carboxylic acids is 1. The number of ether oxygens (including phenoxy) is 2. The van der Waals surface area contributed by atoms with E-state index < -0.39 is 5.97 Å². The number of rotatable bonds is 7. The van der Waals surface area contributed by atoms with Crippen molar-refractivity contribution in [1.29, 1.82) is 0 Å². The summed E-state index contributed by atoms with van der Waals surface area (Å²) >= 11 is 5.19. The van der Waals surface area contributed by atoms with E-state index in [0.717, 1.165) is 5.56 Å². The first-order valence-corrected chi connectivity index (χ1v) is 8.28. The number of carboxylic acid groups (broad SMARTS) is 1. The Bertz CT molecular complexity index is 1020. The van der Waals surface area contributed by atoms with Crippen molar-refractivity contribution in [2.75, 3.05) is 7.11 Å². The molecule has 9 heteroatoms. The van der Waals surface area contributed by atoms with Gasteiger partial charge < -0.3 is 14.6 Å². The fraction of sp³-hybridized carbons (Fsp3) is 0.111. The van der Waals surface area contributed by atoms with Crippen molar-refractivity contribution in [3.8, 4) is 11.5 Å². The maximum absolute atomic E-state index is 10.9. The molecule has 138 valence electrons. The van der Waals surface area contributed by atoms with E-state index in [9.17, 15) is 4.79 Å². The summed E-state index contributed by atoms with van der Waals surface area (Å²) in [6, 6.07) is 13.5. The fourth-order valence-electron chi connectivity index (χ4n) is 2.21. The molecule has 0 amide bonds. The van der Waals surface area contributed by atoms with Gasteiger partial charge in [0.15, 0.2) is 5.82 Å². The molecule has 3 rings (SSSR count). The van der Waals surface area contributed by atoms with Gasteiger partial charge in [-0.15, -0.1) is 0 Å². The predicted octanol–water partition coefficient (Wildman–Crippen LogP) is 3.11. The number of nitrogens with zero attached hydrogens (tertiary/aromatic N) is 3. The number of aromatic nitrogens is 3. The zero-order valence-electron chi connectivity index (χ0n) is 14.3. The maximum Gasteiger partial charge on any atom is 0.335 e. The van der Waals surface area contributed by atoms with Crippen molar-refractivity contribution in [1.82, 2.24) is 14.9 Å². The van der Waals surface area contributed by atoms with Gasteiger partial charge in [-0.2, -0.15) is 14.9 Å². The molecule has 0 aliphatic rings. The van der Waals surface area contributed by atoms with E-state index in [0.29, 0.717) is 22.1 Å². The third-order valence-corrected chi connectivity index (χ3v) is 3.87. The number of aromatic amines is 1. The van der Waals surface area contributed by atoms with Gasteiger partial charge in [-0.3, -0.25) is 0 Å². The highest BCUT2D eigenvalue weighted by Crippen LogP contribution is 2.19. The number of aromatic carboxylic acids is 1. The quantitative estimate of drug-likeness (QED) is 0.479. The van der Waals surface area contributed by atoms with Crippen LogP contribution >= 0.6 is 12.2 Å². The molecule has 0 unspecified atom stereocenters. The summed E-state index contributed by atoms with van der Waals surface area (Å²) in [6.45, 7) is 0.148. The Kier molecular flexibility index (Phi) is 5.62. The minimum absolute atomic E-state index is 0.148. The molecule has 0 saturated heterocycles. The molecule has 27 heavy (non-hydrogen) atoms. The van der Waals surface area contributed by atoms with Gasteiger partial charge in [0.1, 0.15) is 18.1 Å². The predicted molar refractivity (Wildman–Crippen MR) is 101 cm³/mol. The lowest BCUT2D eigenvalue weighted by molar-refractivity contribution is 0.0697. The van der Waals surface area contributed by atoms with Gasteiger partial charge in [-0.25, -0.2) is 9.89 Å². The van der Waals surface area contributed by atoms with Crippen LogP contribution in [-0.4, -0.2) is 39.3 Å². The minimum atomic E-state index is -0.979. The third-order valence-electron chi connectivity index (χ3n) is 3.61. The van der Waals surface area contributed by atoms with Gasteiger partial charge in [0, 0.05) is 6.07 Å². The lowest BCUT2D eigenvalue weighted by atomic mass is 10.1. The molecule has 0 aliphatic heterocycles. The van der Waals surface area contributed by atoms with E-state index >= 15 is 0 Å². The summed E-state index contributed by atoms with van der Waals surface area (Å²) < 4.78 is 12.6. The molecule has 8 nitrogen and oxygen atoms in total. The summed E-state index contributed by atoms with van der Waals surface area (Å²) in [5, 5.41) is 20.0. The number of benzene rings is 2. The highest BCUT2D eigenvalue weighted by Gasteiger charge is 2.07. The summed E-state index contributed by atoms with van der Waals surface area (Å²) in [6.07, 6.45) is 1.56. The smallest absolute Gasteiger partial charge is 0.335 e. The molecule has 0 radical (unpaired) electrons. The Labute approximate surface area is 159 Å². The normalized spacial score (nSPS) is 10.9. The lowest BCUT2D eigenvalue weighted by Gasteiger charge is -2.07. The Morgan fingerprint density at radius 3 is 2.74 bits per heavy atom. The number of nitrogens with one attached hydrogen (secondary N) is 1. The number of hydrogen-bond donors (Lipinski definition) is 2. The molecular formula is C18H16N4O4S. The second-order valence-corrected chi connectivity index (χ2v) is 5.78. The van der Waals surface area contributed by atoms with E-state index in [4.69, 9.17) is 26.8 Å². The Balaban J connectivity index is 1.74. The van der Waals surface area contributed by atoms with Gasteiger partial charge in [-0.1, -0.05) is 18.2 Å². The molecule has 0 saturated carbocycles. The number of methoxy groups -OCH3 is 1. The van der Waals surface area contributed by atoms with Crippen molar-refractivity contribution in [3.63, 3.8) is 0 Å². The van der Waals surface area contributed by atoms with Crippen LogP contribution in [0.2, 0.25) is 0 Å². The zero-order valence-corrected chi connectivity index (χ0v) is 15.1. The molecule has 0 atom stereocenters. The van der Waals surface area contributed by atoms with Crippen LogP contribution in [0.15, 0.2) is 53.6 Å². The standard InChI is InChI=1S/C18H16N4O4S/c1-25-14-3-2-4-15(9-14)26-11-16-20-21-18(27)22(16)19-10-12-5-7-13(8-6-12)17(23)24/h2-10H,11H2,1H3,(H,21,27)(H,23,24)/b19-10-. The summed E-state index contributed by atoms with van der Waals surface area (Å²) in [5.74, 6) is 0.825. The van der Waals surface area contributed by atoms with Crippen LogP contribution in [0.25, 0.3) is 0 Å². The molecule has 0 fully saturated rings. The minimum Gasteiger partial charge on any atom is -0.497 e. The van der Waals surface area contributed by atoms with Crippen LogP contribution in [-0.2, 0) is 6.61 Å².